The summed E-state index contributed by atoms with van der Waals surface area (Å²) in [7, 11) is 1.79. The maximum Gasteiger partial charge on any atom is 0.222 e. The van der Waals surface area contributed by atoms with Crippen molar-refractivity contribution < 1.29 is 9.53 Å². The summed E-state index contributed by atoms with van der Waals surface area (Å²) in [6.45, 7) is 1.02. The number of rotatable bonds is 7. The molecule has 2 aromatic carbocycles. The van der Waals surface area contributed by atoms with Gasteiger partial charge < -0.3 is 15.4 Å². The first-order valence-corrected chi connectivity index (χ1v) is 8.31. The second-order valence-electron chi connectivity index (χ2n) is 5.32. The molecule has 0 atom stereocenters. The molecule has 1 amide bonds. The van der Waals surface area contributed by atoms with Gasteiger partial charge in [-0.2, -0.15) is 0 Å². The van der Waals surface area contributed by atoms with Crippen LogP contribution >= 0.6 is 15.9 Å². The zero-order chi connectivity index (χ0) is 16.7. The monoisotopic (exact) mass is 376 g/mol. The van der Waals surface area contributed by atoms with Crippen LogP contribution in [0.2, 0.25) is 0 Å². The van der Waals surface area contributed by atoms with Gasteiger partial charge in [-0.25, -0.2) is 0 Å². The molecule has 0 fully saturated rings. The highest BCUT2D eigenvalue weighted by molar-refractivity contribution is 9.10. The van der Waals surface area contributed by atoms with Crippen LogP contribution in [0.25, 0.3) is 0 Å². The number of nitrogen functional groups attached to an aromatic ring is 1. The van der Waals surface area contributed by atoms with E-state index in [1.54, 1.807) is 11.9 Å². The van der Waals surface area contributed by atoms with E-state index >= 15 is 0 Å². The molecule has 122 valence electrons. The molecule has 0 saturated heterocycles. The van der Waals surface area contributed by atoms with Crippen molar-refractivity contribution in [1.29, 1.82) is 0 Å². The summed E-state index contributed by atoms with van der Waals surface area (Å²) in [5, 5.41) is 0. The number of amides is 1. The predicted molar refractivity (Wildman–Crippen MR) is 96.4 cm³/mol. The molecule has 2 N–H and O–H groups in total. The lowest BCUT2D eigenvalue weighted by Crippen LogP contribution is -2.31. The molecule has 2 rings (SSSR count). The normalized spacial score (nSPS) is 10.3. The highest BCUT2D eigenvalue weighted by atomic mass is 79.9. The number of aryl methyl sites for hydroxylation is 1. The number of benzene rings is 2. The van der Waals surface area contributed by atoms with Crippen molar-refractivity contribution in [1.82, 2.24) is 4.90 Å². The van der Waals surface area contributed by atoms with Gasteiger partial charge in [-0.1, -0.05) is 34.1 Å². The number of anilines is 1. The summed E-state index contributed by atoms with van der Waals surface area (Å²) < 4.78 is 6.64. The fourth-order valence-corrected chi connectivity index (χ4v) is 2.41. The fourth-order valence-electron chi connectivity index (χ4n) is 2.15. The minimum absolute atomic E-state index is 0.0904. The van der Waals surface area contributed by atoms with Gasteiger partial charge in [0.2, 0.25) is 5.91 Å². The van der Waals surface area contributed by atoms with Crippen LogP contribution in [-0.4, -0.2) is 31.0 Å². The smallest absolute Gasteiger partial charge is 0.222 e. The van der Waals surface area contributed by atoms with Crippen molar-refractivity contribution in [2.45, 2.75) is 12.8 Å². The lowest BCUT2D eigenvalue weighted by molar-refractivity contribution is -0.130. The summed E-state index contributed by atoms with van der Waals surface area (Å²) in [6.07, 6.45) is 1.10. The van der Waals surface area contributed by atoms with Gasteiger partial charge in [-0.05, 0) is 42.3 Å². The van der Waals surface area contributed by atoms with Crippen LogP contribution in [-0.2, 0) is 11.2 Å². The number of halogens is 1. The summed E-state index contributed by atoms with van der Waals surface area (Å²) >= 11 is 3.38. The zero-order valence-corrected chi connectivity index (χ0v) is 14.8. The molecule has 2 aromatic rings. The number of ether oxygens (including phenoxy) is 1. The van der Waals surface area contributed by atoms with Crippen LogP contribution in [0.15, 0.2) is 53.0 Å². The summed E-state index contributed by atoms with van der Waals surface area (Å²) in [4.78, 5) is 13.8. The van der Waals surface area contributed by atoms with E-state index in [0.29, 0.717) is 26.0 Å². The molecule has 0 aliphatic carbocycles. The fraction of sp³-hybridized carbons (Fsp3) is 0.278. The van der Waals surface area contributed by atoms with E-state index in [4.69, 9.17) is 10.5 Å². The third kappa shape index (κ3) is 5.60. The number of nitrogens with two attached hydrogens (primary N) is 1. The van der Waals surface area contributed by atoms with Crippen molar-refractivity contribution in [2.75, 3.05) is 25.9 Å². The number of hydrogen-bond acceptors (Lipinski definition) is 3. The first-order valence-electron chi connectivity index (χ1n) is 7.52. The van der Waals surface area contributed by atoms with E-state index in [1.165, 1.54) is 0 Å². The lowest BCUT2D eigenvalue weighted by Gasteiger charge is -2.17. The number of carbonyl (C=O) groups excluding carboxylic acids is 1. The Morgan fingerprint density at radius 3 is 2.57 bits per heavy atom. The van der Waals surface area contributed by atoms with E-state index in [0.717, 1.165) is 21.5 Å². The maximum absolute atomic E-state index is 12.1. The molecule has 0 aromatic heterocycles. The average molecular weight is 377 g/mol. The third-order valence-electron chi connectivity index (χ3n) is 3.60. The molecule has 0 heterocycles. The minimum atomic E-state index is 0.0904. The van der Waals surface area contributed by atoms with E-state index in [2.05, 4.69) is 15.9 Å². The zero-order valence-electron chi connectivity index (χ0n) is 13.2. The standard InChI is InChI=1S/C18H21BrN2O2/c1-21(12-13-23-16-9-7-15(19)8-10-16)18(22)11-6-14-4-2-3-5-17(14)20/h2-5,7-10H,6,11-13,20H2,1H3. The SMILES string of the molecule is CN(CCOc1ccc(Br)cc1)C(=O)CCc1ccccc1N. The summed E-state index contributed by atoms with van der Waals surface area (Å²) in [5.74, 6) is 0.888. The van der Waals surface area contributed by atoms with Crippen LogP contribution in [0.5, 0.6) is 5.75 Å². The molecular formula is C18H21BrN2O2. The van der Waals surface area contributed by atoms with Gasteiger partial charge >= 0.3 is 0 Å². The molecule has 0 saturated carbocycles. The predicted octanol–water partition coefficient (Wildman–Crippen LogP) is 3.50. The molecule has 0 aliphatic heterocycles. The molecule has 5 heteroatoms. The highest BCUT2D eigenvalue weighted by Gasteiger charge is 2.10. The van der Waals surface area contributed by atoms with Gasteiger partial charge in [-0.3, -0.25) is 4.79 Å². The largest absolute Gasteiger partial charge is 0.492 e. The van der Waals surface area contributed by atoms with Crippen molar-refractivity contribution in [2.24, 2.45) is 0 Å². The molecule has 0 unspecified atom stereocenters. The van der Waals surface area contributed by atoms with Crippen molar-refractivity contribution >= 4 is 27.5 Å². The number of nitrogens with zero attached hydrogens (tertiary/aromatic N) is 1. The van der Waals surface area contributed by atoms with E-state index < -0.39 is 0 Å². The molecule has 23 heavy (non-hydrogen) atoms. The third-order valence-corrected chi connectivity index (χ3v) is 4.13. The Kier molecular flexibility index (Phi) is 6.47. The molecule has 4 nitrogen and oxygen atoms in total. The van der Waals surface area contributed by atoms with Crippen LogP contribution in [0.3, 0.4) is 0 Å². The van der Waals surface area contributed by atoms with Gasteiger partial charge in [0.05, 0.1) is 6.54 Å². The van der Waals surface area contributed by atoms with Crippen LogP contribution in [0, 0.1) is 0 Å². The second-order valence-corrected chi connectivity index (χ2v) is 6.23. The van der Waals surface area contributed by atoms with Crippen LogP contribution in [0.4, 0.5) is 5.69 Å². The number of hydrogen-bond donors (Lipinski definition) is 1. The molecule has 0 radical (unpaired) electrons. The number of likely N-dealkylation sites (N-methyl/N-ethyl adjacent to an activating group) is 1. The van der Waals surface area contributed by atoms with Gasteiger partial charge in [0.25, 0.3) is 0 Å². The Bertz CT molecular complexity index is 644. The average Bonchev–Trinajstić information content (AvgIpc) is 2.55. The van der Waals surface area contributed by atoms with E-state index in [-0.39, 0.29) is 5.91 Å². The number of carbonyl (C=O) groups is 1. The van der Waals surface area contributed by atoms with Crippen molar-refractivity contribution in [3.05, 3.63) is 58.6 Å². The number of para-hydroxylation sites is 1. The minimum Gasteiger partial charge on any atom is -0.492 e. The lowest BCUT2D eigenvalue weighted by atomic mass is 10.1. The Hall–Kier alpha value is -2.01. The Morgan fingerprint density at radius 2 is 1.87 bits per heavy atom. The van der Waals surface area contributed by atoms with Gasteiger partial charge in [0, 0.05) is 23.6 Å². The van der Waals surface area contributed by atoms with E-state index in [1.807, 2.05) is 48.5 Å². The summed E-state index contributed by atoms with van der Waals surface area (Å²) in [6, 6.07) is 15.3. The second kappa shape index (κ2) is 8.58. The topological polar surface area (TPSA) is 55.6 Å². The molecule has 0 spiro atoms. The Balaban J connectivity index is 1.72. The Labute approximate surface area is 145 Å². The van der Waals surface area contributed by atoms with Crippen LogP contribution in [0.1, 0.15) is 12.0 Å². The highest BCUT2D eigenvalue weighted by Crippen LogP contribution is 2.16. The van der Waals surface area contributed by atoms with Gasteiger partial charge in [0.1, 0.15) is 12.4 Å². The molecule has 0 bridgehead atoms. The quantitative estimate of drug-likeness (QED) is 0.752. The van der Waals surface area contributed by atoms with Crippen molar-refractivity contribution in [3.63, 3.8) is 0 Å². The van der Waals surface area contributed by atoms with Gasteiger partial charge in [-0.15, -0.1) is 0 Å². The Morgan fingerprint density at radius 1 is 1.17 bits per heavy atom. The molecule has 0 aliphatic rings. The maximum atomic E-state index is 12.1. The van der Waals surface area contributed by atoms with E-state index in [9.17, 15) is 4.79 Å². The van der Waals surface area contributed by atoms with Crippen LogP contribution < -0.4 is 10.5 Å². The first-order chi connectivity index (χ1) is 11.1. The van der Waals surface area contributed by atoms with Gasteiger partial charge in [0.15, 0.2) is 0 Å². The van der Waals surface area contributed by atoms with Crippen molar-refractivity contribution in [3.8, 4) is 5.75 Å². The summed E-state index contributed by atoms with van der Waals surface area (Å²) in [5.41, 5.74) is 7.64. The first kappa shape index (κ1) is 17.3. The molecular weight excluding hydrogens is 356 g/mol.